The van der Waals surface area contributed by atoms with E-state index in [2.05, 4.69) is 157 Å². The van der Waals surface area contributed by atoms with Crippen molar-refractivity contribution in [2.75, 3.05) is 4.90 Å². The second-order valence-electron chi connectivity index (χ2n) is 12.1. The molecule has 2 heterocycles. The molecule has 10 rings (SSSR count). The zero-order chi connectivity index (χ0) is 30.9. The van der Waals surface area contributed by atoms with Crippen molar-refractivity contribution < 1.29 is 4.42 Å². The molecule has 3 heteroatoms. The van der Waals surface area contributed by atoms with Crippen LogP contribution in [0.3, 0.4) is 0 Å². The van der Waals surface area contributed by atoms with Gasteiger partial charge in [-0.2, -0.15) is 0 Å². The van der Waals surface area contributed by atoms with Gasteiger partial charge in [-0.15, -0.1) is 11.3 Å². The van der Waals surface area contributed by atoms with Crippen molar-refractivity contribution in [1.82, 2.24) is 0 Å². The fraction of sp³-hybridized carbons (Fsp3) is 0. The van der Waals surface area contributed by atoms with Crippen molar-refractivity contribution >= 4 is 92.1 Å². The summed E-state index contributed by atoms with van der Waals surface area (Å²) in [6, 6.07) is 59.1. The Morgan fingerprint density at radius 1 is 0.404 bits per heavy atom. The van der Waals surface area contributed by atoms with Gasteiger partial charge in [0, 0.05) is 43.7 Å². The first-order valence-corrected chi connectivity index (χ1v) is 16.7. The van der Waals surface area contributed by atoms with Crippen LogP contribution in [0.25, 0.3) is 74.8 Å². The van der Waals surface area contributed by atoms with Crippen molar-refractivity contribution in [3.8, 4) is 11.1 Å². The molecule has 2 nitrogen and oxygen atoms in total. The normalized spacial score (nSPS) is 11.8. The third kappa shape index (κ3) is 4.17. The highest BCUT2D eigenvalue weighted by atomic mass is 32.1. The quantitative estimate of drug-likeness (QED) is 0.183. The predicted molar refractivity (Wildman–Crippen MR) is 202 cm³/mol. The SMILES string of the molecule is c1ccc(-c2ccc3c(ccc4cc(N(c5ccc6c(c5)oc5ccccc56)c5cccc6c5sc5ccccc56)ccc43)c2)cc1. The van der Waals surface area contributed by atoms with Crippen LogP contribution in [-0.4, -0.2) is 0 Å². The second-order valence-corrected chi connectivity index (χ2v) is 13.2. The van der Waals surface area contributed by atoms with Crippen LogP contribution < -0.4 is 4.90 Å². The molecule has 0 fully saturated rings. The fourth-order valence-corrected chi connectivity index (χ4v) is 8.40. The number of fused-ring (bicyclic) bond motifs is 9. The van der Waals surface area contributed by atoms with Crippen LogP contribution in [0.15, 0.2) is 168 Å². The molecular weight excluding hydrogens is 591 g/mol. The number of hydrogen-bond acceptors (Lipinski definition) is 3. The summed E-state index contributed by atoms with van der Waals surface area (Å²) >= 11 is 1.85. The van der Waals surface area contributed by atoms with Crippen LogP contribution in [0.4, 0.5) is 17.1 Å². The van der Waals surface area contributed by atoms with E-state index in [-0.39, 0.29) is 0 Å². The summed E-state index contributed by atoms with van der Waals surface area (Å²) in [5.74, 6) is 0. The van der Waals surface area contributed by atoms with E-state index in [4.69, 9.17) is 4.42 Å². The third-order valence-electron chi connectivity index (χ3n) is 9.43. The Kier molecular flexibility index (Phi) is 5.78. The minimum absolute atomic E-state index is 0.887. The molecule has 0 spiro atoms. The highest BCUT2D eigenvalue weighted by Crippen LogP contribution is 2.46. The summed E-state index contributed by atoms with van der Waals surface area (Å²) < 4.78 is 8.95. The van der Waals surface area contributed by atoms with Gasteiger partial charge in [-0.1, -0.05) is 109 Å². The average molecular weight is 618 g/mol. The van der Waals surface area contributed by atoms with Gasteiger partial charge in [0.1, 0.15) is 11.2 Å². The molecule has 0 aliphatic heterocycles. The number of furan rings is 1. The highest BCUT2D eigenvalue weighted by Gasteiger charge is 2.20. The standard InChI is InChI=1S/C44H27NOS/c1-2-9-28(10-3-1)29-19-22-34-30(25-29)17-18-31-26-32(20-23-35(31)34)45(33-21-24-37-36-11-4-6-15-41(36)46-42(37)27-33)40-14-8-13-39-38-12-5-7-16-43(38)47-44(39)40/h1-27H. The highest BCUT2D eigenvalue weighted by molar-refractivity contribution is 7.26. The Morgan fingerprint density at radius 2 is 1.06 bits per heavy atom. The first kappa shape index (κ1) is 26.3. The first-order chi connectivity index (χ1) is 23.3. The van der Waals surface area contributed by atoms with Gasteiger partial charge in [-0.25, -0.2) is 0 Å². The van der Waals surface area contributed by atoms with Crippen LogP contribution in [0, 0.1) is 0 Å². The molecule has 0 N–H and O–H groups in total. The fourth-order valence-electron chi connectivity index (χ4n) is 7.20. The van der Waals surface area contributed by atoms with Crippen molar-refractivity contribution in [3.63, 3.8) is 0 Å². The Labute approximate surface area is 275 Å². The summed E-state index contributed by atoms with van der Waals surface area (Å²) in [5.41, 5.74) is 7.60. The first-order valence-electron chi connectivity index (χ1n) is 15.9. The van der Waals surface area contributed by atoms with Gasteiger partial charge in [0.15, 0.2) is 0 Å². The lowest BCUT2D eigenvalue weighted by atomic mass is 9.97. The number of para-hydroxylation sites is 1. The molecule has 8 aromatic carbocycles. The molecule has 0 unspecified atom stereocenters. The zero-order valence-corrected chi connectivity index (χ0v) is 26.2. The Hall–Kier alpha value is -5.90. The van der Waals surface area contributed by atoms with E-state index in [9.17, 15) is 0 Å². The van der Waals surface area contributed by atoms with Gasteiger partial charge >= 0.3 is 0 Å². The van der Waals surface area contributed by atoms with E-state index in [1.165, 1.54) is 52.8 Å². The molecule has 0 saturated heterocycles. The Balaban J connectivity index is 1.18. The summed E-state index contributed by atoms with van der Waals surface area (Å²) in [7, 11) is 0. The summed E-state index contributed by atoms with van der Waals surface area (Å²) in [5, 5.41) is 9.80. The molecule has 0 aliphatic carbocycles. The number of hydrogen-bond donors (Lipinski definition) is 0. The van der Waals surface area contributed by atoms with Gasteiger partial charge in [0.2, 0.25) is 0 Å². The van der Waals surface area contributed by atoms with Crippen molar-refractivity contribution in [3.05, 3.63) is 164 Å². The molecule has 0 saturated carbocycles. The molecule has 0 bridgehead atoms. The lowest BCUT2D eigenvalue weighted by Crippen LogP contribution is -2.10. The van der Waals surface area contributed by atoms with Crippen molar-refractivity contribution in [1.29, 1.82) is 0 Å². The van der Waals surface area contributed by atoms with E-state index in [0.29, 0.717) is 0 Å². The second kappa shape index (κ2) is 10.3. The Morgan fingerprint density at radius 3 is 1.94 bits per heavy atom. The van der Waals surface area contributed by atoms with E-state index in [1.54, 1.807) is 0 Å². The smallest absolute Gasteiger partial charge is 0.137 e. The molecule has 0 atom stereocenters. The Bertz CT molecular complexity index is 2810. The maximum Gasteiger partial charge on any atom is 0.137 e. The van der Waals surface area contributed by atoms with Crippen LogP contribution in [0.1, 0.15) is 0 Å². The van der Waals surface area contributed by atoms with E-state index < -0.39 is 0 Å². The molecule has 2 aromatic heterocycles. The number of thiophene rings is 1. The summed E-state index contributed by atoms with van der Waals surface area (Å²) in [6.07, 6.45) is 0. The minimum Gasteiger partial charge on any atom is -0.456 e. The number of nitrogens with zero attached hydrogens (tertiary/aromatic N) is 1. The molecule has 0 aliphatic rings. The van der Waals surface area contributed by atoms with Crippen LogP contribution in [-0.2, 0) is 0 Å². The maximum atomic E-state index is 6.39. The molecular formula is C44H27NOS. The monoisotopic (exact) mass is 617 g/mol. The number of rotatable bonds is 4. The minimum atomic E-state index is 0.887. The van der Waals surface area contributed by atoms with Gasteiger partial charge < -0.3 is 9.32 Å². The van der Waals surface area contributed by atoms with Gasteiger partial charge in [0.25, 0.3) is 0 Å². The van der Waals surface area contributed by atoms with E-state index in [0.717, 1.165) is 39.0 Å². The summed E-state index contributed by atoms with van der Waals surface area (Å²) in [6.45, 7) is 0. The predicted octanol–water partition coefficient (Wildman–Crippen LogP) is 13.4. The van der Waals surface area contributed by atoms with Crippen molar-refractivity contribution in [2.24, 2.45) is 0 Å². The molecule has 47 heavy (non-hydrogen) atoms. The van der Waals surface area contributed by atoms with Gasteiger partial charge in [-0.05, 0) is 81.2 Å². The topological polar surface area (TPSA) is 16.4 Å². The molecule has 0 radical (unpaired) electrons. The lowest BCUT2D eigenvalue weighted by molar-refractivity contribution is 0.669. The number of benzene rings is 8. The average Bonchev–Trinajstić information content (AvgIpc) is 3.70. The van der Waals surface area contributed by atoms with E-state index in [1.807, 2.05) is 23.5 Å². The van der Waals surface area contributed by atoms with Crippen LogP contribution >= 0.6 is 11.3 Å². The molecule has 0 amide bonds. The number of anilines is 3. The van der Waals surface area contributed by atoms with Gasteiger partial charge in [0.05, 0.1) is 10.4 Å². The summed E-state index contributed by atoms with van der Waals surface area (Å²) in [4.78, 5) is 2.40. The molecule has 220 valence electrons. The zero-order valence-electron chi connectivity index (χ0n) is 25.4. The molecule has 10 aromatic rings. The maximum absolute atomic E-state index is 6.39. The third-order valence-corrected chi connectivity index (χ3v) is 10.6. The van der Waals surface area contributed by atoms with E-state index >= 15 is 0 Å². The van der Waals surface area contributed by atoms with Gasteiger partial charge in [-0.3, -0.25) is 0 Å². The largest absolute Gasteiger partial charge is 0.456 e. The van der Waals surface area contributed by atoms with Crippen LogP contribution in [0.5, 0.6) is 0 Å². The van der Waals surface area contributed by atoms with Crippen LogP contribution in [0.2, 0.25) is 0 Å². The van der Waals surface area contributed by atoms with Crippen molar-refractivity contribution in [2.45, 2.75) is 0 Å². The lowest BCUT2D eigenvalue weighted by Gasteiger charge is -2.26.